The van der Waals surface area contributed by atoms with Crippen LogP contribution in [0.15, 0.2) is 78.8 Å². The van der Waals surface area contributed by atoms with Crippen molar-refractivity contribution in [3.8, 4) is 16.9 Å². The van der Waals surface area contributed by atoms with Crippen molar-refractivity contribution in [2.75, 3.05) is 13.1 Å². The second-order valence-corrected chi connectivity index (χ2v) is 11.6. The highest BCUT2D eigenvalue weighted by Gasteiger charge is 2.29. The van der Waals surface area contributed by atoms with Gasteiger partial charge in [0.2, 0.25) is 5.91 Å². The Morgan fingerprint density at radius 2 is 1.93 bits per heavy atom. The fourth-order valence-electron chi connectivity index (χ4n) is 5.54. The van der Waals surface area contributed by atoms with Gasteiger partial charge in [-0.1, -0.05) is 42.0 Å². The van der Waals surface area contributed by atoms with E-state index in [9.17, 15) is 4.79 Å². The van der Waals surface area contributed by atoms with E-state index in [1.54, 1.807) is 18.6 Å². The van der Waals surface area contributed by atoms with Crippen molar-refractivity contribution >= 4 is 51.3 Å². The maximum Gasteiger partial charge on any atom is 0.250 e. The molecule has 1 aliphatic carbocycles. The number of carbonyl (C=O) groups excluding carboxylic acids is 1. The van der Waals surface area contributed by atoms with Crippen LogP contribution < -0.4 is 15.8 Å². The largest absolute Gasteiger partial charge is 0.489 e. The van der Waals surface area contributed by atoms with Crippen LogP contribution in [-0.2, 0) is 9.53 Å². The Morgan fingerprint density at radius 1 is 1.14 bits per heavy atom. The van der Waals surface area contributed by atoms with E-state index in [0.717, 1.165) is 59.3 Å². The minimum absolute atomic E-state index is 0.111. The third kappa shape index (κ3) is 6.12. The second-order valence-electron chi connectivity index (χ2n) is 10.8. The molecule has 3 heterocycles. The van der Waals surface area contributed by atoms with E-state index in [1.165, 1.54) is 0 Å². The normalized spacial score (nSPS) is 18.3. The standard InChI is InChI=1S/C33H32ClN5O3S/c1-19-14-22(8-13-37-19)21-6-7-28-27(15-21)38-18-39(28)23-16-26(33(35)40)32(43)30(17-23)41-20(2)25-4-3-5-29(31(25)34)42-24-9-11-36-12-10-24/h3-8,13-18,20,24,30,36H,9-12H2,1-2H3,(H2,35,40)/t20-,30?/m1/s1. The van der Waals surface area contributed by atoms with Gasteiger partial charge in [-0.05, 0) is 93.4 Å². The Labute approximate surface area is 260 Å². The molecule has 0 radical (unpaired) electrons. The summed E-state index contributed by atoms with van der Waals surface area (Å²) in [7, 11) is 0. The molecule has 1 fully saturated rings. The quantitative estimate of drug-likeness (QED) is 0.236. The van der Waals surface area contributed by atoms with Crippen LogP contribution >= 0.6 is 23.8 Å². The number of fused-ring (bicyclic) bond motifs is 1. The van der Waals surface area contributed by atoms with Crippen molar-refractivity contribution in [1.29, 1.82) is 0 Å². The predicted molar refractivity (Wildman–Crippen MR) is 173 cm³/mol. The zero-order chi connectivity index (χ0) is 30.1. The van der Waals surface area contributed by atoms with Gasteiger partial charge in [0.25, 0.3) is 0 Å². The van der Waals surface area contributed by atoms with Crippen LogP contribution in [0.4, 0.5) is 0 Å². The van der Waals surface area contributed by atoms with Crippen LogP contribution in [0.3, 0.4) is 0 Å². The fraction of sp³-hybridized carbons (Fsp3) is 0.273. The van der Waals surface area contributed by atoms with Crippen LogP contribution in [0.2, 0.25) is 5.02 Å². The highest BCUT2D eigenvalue weighted by molar-refractivity contribution is 7.81. The summed E-state index contributed by atoms with van der Waals surface area (Å²) in [6.45, 7) is 5.71. The zero-order valence-electron chi connectivity index (χ0n) is 23.9. The van der Waals surface area contributed by atoms with Gasteiger partial charge in [-0.25, -0.2) is 4.98 Å². The number of piperidine rings is 1. The first-order valence-corrected chi connectivity index (χ1v) is 15.1. The molecule has 2 atom stereocenters. The third-order valence-corrected chi connectivity index (χ3v) is 8.68. The molecular weight excluding hydrogens is 582 g/mol. The molecular formula is C33H32ClN5O3S. The molecule has 220 valence electrons. The third-order valence-electron chi connectivity index (χ3n) is 7.82. The number of pyridine rings is 1. The van der Waals surface area contributed by atoms with Crippen molar-refractivity contribution in [3.05, 3.63) is 95.1 Å². The minimum Gasteiger partial charge on any atom is -0.489 e. The number of nitrogens with zero attached hydrogens (tertiary/aromatic N) is 3. The van der Waals surface area contributed by atoms with Crippen molar-refractivity contribution in [1.82, 2.24) is 19.9 Å². The van der Waals surface area contributed by atoms with Gasteiger partial charge >= 0.3 is 0 Å². The molecule has 0 spiro atoms. The molecule has 10 heteroatoms. The van der Waals surface area contributed by atoms with Crippen molar-refractivity contribution in [2.24, 2.45) is 5.73 Å². The molecule has 2 aliphatic rings. The molecule has 1 aliphatic heterocycles. The summed E-state index contributed by atoms with van der Waals surface area (Å²) in [5, 5.41) is 3.85. The first kappa shape index (κ1) is 29.2. The van der Waals surface area contributed by atoms with Gasteiger partial charge in [-0.3, -0.25) is 14.3 Å². The Hall–Kier alpha value is -3.89. The van der Waals surface area contributed by atoms with E-state index >= 15 is 0 Å². The minimum atomic E-state index is -0.700. The van der Waals surface area contributed by atoms with Gasteiger partial charge in [-0.15, -0.1) is 0 Å². The number of rotatable bonds is 8. The van der Waals surface area contributed by atoms with Crippen molar-refractivity contribution in [3.63, 3.8) is 0 Å². The summed E-state index contributed by atoms with van der Waals surface area (Å²) >= 11 is 12.5. The van der Waals surface area contributed by atoms with Gasteiger partial charge in [0.05, 0.1) is 32.6 Å². The lowest BCUT2D eigenvalue weighted by Gasteiger charge is -2.27. The van der Waals surface area contributed by atoms with Crippen molar-refractivity contribution < 1.29 is 14.3 Å². The number of nitrogens with one attached hydrogen (secondary N) is 1. The van der Waals surface area contributed by atoms with Crippen LogP contribution in [0.5, 0.6) is 5.75 Å². The maximum absolute atomic E-state index is 12.5. The molecule has 1 amide bonds. The molecule has 6 rings (SSSR count). The molecule has 43 heavy (non-hydrogen) atoms. The number of halogens is 1. The Bertz CT molecular complexity index is 1780. The number of nitrogens with two attached hydrogens (primary N) is 1. The summed E-state index contributed by atoms with van der Waals surface area (Å²) in [6.07, 6.45) is 7.90. The average Bonchev–Trinajstić information content (AvgIpc) is 3.43. The summed E-state index contributed by atoms with van der Waals surface area (Å²) in [5.74, 6) is 0.0138. The topological polar surface area (TPSA) is 104 Å². The van der Waals surface area contributed by atoms with E-state index in [2.05, 4.69) is 15.3 Å². The summed E-state index contributed by atoms with van der Waals surface area (Å²) < 4.78 is 14.6. The lowest BCUT2D eigenvalue weighted by Crippen LogP contribution is -2.34. The summed E-state index contributed by atoms with van der Waals surface area (Å²) in [5.41, 5.74) is 12.2. The van der Waals surface area contributed by atoms with E-state index in [4.69, 9.17) is 39.0 Å². The SMILES string of the molecule is Cc1cc(-c2ccc3c(c2)ncn3C2=CC(O[C@H](C)c3cccc(OC4CCNCC4)c3Cl)C(=S)C(C(N)=O)=C2)ccn1. The number of aromatic nitrogens is 3. The number of aryl methyl sites for hydroxylation is 1. The van der Waals surface area contributed by atoms with Gasteiger partial charge in [0.1, 0.15) is 24.3 Å². The van der Waals surface area contributed by atoms with E-state index in [1.807, 2.05) is 73.0 Å². The molecule has 2 aromatic carbocycles. The number of benzene rings is 2. The molecule has 0 saturated carbocycles. The number of carbonyl (C=O) groups is 1. The second kappa shape index (κ2) is 12.4. The van der Waals surface area contributed by atoms with Crippen LogP contribution in [0, 0.1) is 6.92 Å². The molecule has 4 aromatic rings. The highest BCUT2D eigenvalue weighted by atomic mass is 35.5. The number of hydrogen-bond acceptors (Lipinski definition) is 7. The molecule has 8 nitrogen and oxygen atoms in total. The Balaban J connectivity index is 1.29. The van der Waals surface area contributed by atoms with Crippen LogP contribution in [-0.4, -0.2) is 50.6 Å². The number of primary amides is 1. The summed E-state index contributed by atoms with van der Waals surface area (Å²) in [4.78, 5) is 21.7. The van der Waals surface area contributed by atoms with Crippen molar-refractivity contribution in [2.45, 2.75) is 45.0 Å². The maximum atomic E-state index is 12.5. The van der Waals surface area contributed by atoms with Gasteiger partial charge in [0, 0.05) is 23.2 Å². The first-order valence-electron chi connectivity index (χ1n) is 14.3. The summed E-state index contributed by atoms with van der Waals surface area (Å²) in [6, 6.07) is 15.8. The van der Waals surface area contributed by atoms with E-state index in [-0.39, 0.29) is 11.7 Å². The number of thiocarbonyl (C=S) groups is 1. The average molecular weight is 614 g/mol. The van der Waals surface area contributed by atoms with E-state index < -0.39 is 18.1 Å². The lowest BCUT2D eigenvalue weighted by atomic mass is 9.98. The Kier molecular flexibility index (Phi) is 8.41. The number of allylic oxidation sites excluding steroid dienone is 2. The lowest BCUT2D eigenvalue weighted by molar-refractivity contribution is -0.114. The first-order chi connectivity index (χ1) is 20.8. The monoisotopic (exact) mass is 613 g/mol. The molecule has 0 bridgehead atoms. The Morgan fingerprint density at radius 3 is 2.70 bits per heavy atom. The highest BCUT2D eigenvalue weighted by Crippen LogP contribution is 2.36. The molecule has 1 unspecified atom stereocenters. The zero-order valence-corrected chi connectivity index (χ0v) is 25.5. The number of amides is 1. The van der Waals surface area contributed by atoms with E-state index in [0.29, 0.717) is 21.3 Å². The number of ether oxygens (including phenoxy) is 2. The van der Waals surface area contributed by atoms with Crippen LogP contribution in [0.1, 0.15) is 37.1 Å². The molecule has 2 aromatic heterocycles. The number of hydrogen-bond donors (Lipinski definition) is 2. The van der Waals surface area contributed by atoms with Gasteiger partial charge in [-0.2, -0.15) is 0 Å². The molecule has 1 saturated heterocycles. The van der Waals surface area contributed by atoms with Crippen LogP contribution in [0.25, 0.3) is 27.9 Å². The van der Waals surface area contributed by atoms with Gasteiger partial charge in [0.15, 0.2) is 0 Å². The fourth-order valence-corrected chi connectivity index (χ4v) is 6.14. The molecule has 3 N–H and O–H groups in total. The number of imidazole rings is 1. The van der Waals surface area contributed by atoms with Gasteiger partial charge < -0.3 is 20.5 Å². The smallest absolute Gasteiger partial charge is 0.250 e. The predicted octanol–water partition coefficient (Wildman–Crippen LogP) is 5.97.